The first-order valence-corrected chi connectivity index (χ1v) is 11.7. The van der Waals surface area contributed by atoms with Crippen LogP contribution in [0.1, 0.15) is 45.1 Å². The highest BCUT2D eigenvalue weighted by molar-refractivity contribution is 8.26. The van der Waals surface area contributed by atoms with Gasteiger partial charge in [-0.2, -0.15) is 0 Å². The Morgan fingerprint density at radius 3 is 2.79 bits per heavy atom. The lowest BCUT2D eigenvalue weighted by Crippen LogP contribution is -2.34. The number of hydrogen-bond donors (Lipinski definition) is 0. The highest BCUT2D eigenvalue weighted by Crippen LogP contribution is 2.36. The molecule has 0 saturated carbocycles. The smallest absolute Gasteiger partial charge is 0.266 e. The van der Waals surface area contributed by atoms with Crippen molar-refractivity contribution in [2.24, 2.45) is 5.92 Å². The number of carbonyl (C=O) groups is 1. The summed E-state index contributed by atoms with van der Waals surface area (Å²) in [6, 6.07) is 10.3. The maximum Gasteiger partial charge on any atom is 0.266 e. The minimum atomic E-state index is 0.0276. The molecule has 2 aromatic rings. The molecule has 0 radical (unpaired) electrons. The Labute approximate surface area is 182 Å². The van der Waals surface area contributed by atoms with E-state index >= 15 is 0 Å². The number of aromatic nitrogens is 1. The summed E-state index contributed by atoms with van der Waals surface area (Å²) >= 11 is 6.88. The van der Waals surface area contributed by atoms with E-state index in [0.717, 1.165) is 54.1 Å². The molecule has 4 nitrogen and oxygen atoms in total. The van der Waals surface area contributed by atoms with Gasteiger partial charge in [0.05, 0.1) is 10.4 Å². The number of unbranched alkanes of at least 4 members (excludes halogenated alkanes) is 1. The number of fused-ring (bicyclic) bond motifs is 1. The number of benzene rings is 1. The zero-order valence-corrected chi connectivity index (χ0v) is 18.7. The lowest BCUT2D eigenvalue weighted by atomic mass is 9.98. The molecular formula is C23H27N3OS2. The summed E-state index contributed by atoms with van der Waals surface area (Å²) in [5.41, 5.74) is 2.00. The van der Waals surface area contributed by atoms with Gasteiger partial charge in [0.1, 0.15) is 10.1 Å². The average Bonchev–Trinajstić information content (AvgIpc) is 2.99. The number of hydrogen-bond acceptors (Lipinski definition) is 5. The second kappa shape index (κ2) is 8.84. The van der Waals surface area contributed by atoms with Crippen molar-refractivity contribution < 1.29 is 4.79 Å². The van der Waals surface area contributed by atoms with Gasteiger partial charge in [0, 0.05) is 30.6 Å². The topological polar surface area (TPSA) is 36.4 Å². The van der Waals surface area contributed by atoms with Gasteiger partial charge in [0.15, 0.2) is 0 Å². The first-order valence-electron chi connectivity index (χ1n) is 10.5. The number of amides is 1. The maximum absolute atomic E-state index is 12.9. The molecule has 2 fully saturated rings. The molecule has 0 N–H and O–H groups in total. The summed E-state index contributed by atoms with van der Waals surface area (Å²) in [6.07, 6.45) is 6.36. The van der Waals surface area contributed by atoms with Crippen LogP contribution < -0.4 is 4.90 Å². The number of nitrogens with zero attached hydrogens (tertiary/aromatic N) is 3. The fourth-order valence-electron chi connectivity index (χ4n) is 3.85. The van der Waals surface area contributed by atoms with E-state index < -0.39 is 0 Å². The quantitative estimate of drug-likeness (QED) is 0.469. The predicted molar refractivity (Wildman–Crippen MR) is 127 cm³/mol. The third kappa shape index (κ3) is 4.33. The summed E-state index contributed by atoms with van der Waals surface area (Å²) in [5.74, 6) is 1.76. The van der Waals surface area contributed by atoms with E-state index in [2.05, 4.69) is 36.9 Å². The van der Waals surface area contributed by atoms with Crippen molar-refractivity contribution >= 4 is 57.0 Å². The van der Waals surface area contributed by atoms with Crippen molar-refractivity contribution in [3.8, 4) is 0 Å². The molecule has 2 aliphatic rings. The highest BCUT2D eigenvalue weighted by atomic mass is 32.2. The number of anilines is 1. The lowest BCUT2D eigenvalue weighted by molar-refractivity contribution is -0.122. The summed E-state index contributed by atoms with van der Waals surface area (Å²) in [7, 11) is 0. The Balaban J connectivity index is 1.72. The number of rotatable bonds is 5. The van der Waals surface area contributed by atoms with Gasteiger partial charge in [-0.25, -0.2) is 4.98 Å². The van der Waals surface area contributed by atoms with Crippen LogP contribution in [0.3, 0.4) is 0 Å². The molecule has 2 saturated heterocycles. The maximum atomic E-state index is 12.9. The molecule has 1 aromatic carbocycles. The molecule has 0 atom stereocenters. The van der Waals surface area contributed by atoms with Gasteiger partial charge >= 0.3 is 0 Å². The van der Waals surface area contributed by atoms with Crippen molar-refractivity contribution in [1.82, 2.24) is 9.88 Å². The summed E-state index contributed by atoms with van der Waals surface area (Å²) in [6.45, 7) is 7.15. The van der Waals surface area contributed by atoms with Gasteiger partial charge < -0.3 is 4.90 Å². The molecule has 3 heterocycles. The van der Waals surface area contributed by atoms with Gasteiger partial charge in [0.2, 0.25) is 0 Å². The molecule has 0 aliphatic carbocycles. The predicted octanol–water partition coefficient (Wildman–Crippen LogP) is 5.47. The van der Waals surface area contributed by atoms with Crippen LogP contribution in [0, 0.1) is 5.92 Å². The van der Waals surface area contributed by atoms with Crippen LogP contribution in [0.5, 0.6) is 0 Å². The molecule has 1 aromatic heterocycles. The van der Waals surface area contributed by atoms with E-state index in [1.165, 1.54) is 24.6 Å². The van der Waals surface area contributed by atoms with Crippen LogP contribution in [0.15, 0.2) is 35.2 Å². The molecule has 1 amide bonds. The fourth-order valence-corrected chi connectivity index (χ4v) is 5.15. The van der Waals surface area contributed by atoms with E-state index in [-0.39, 0.29) is 5.91 Å². The lowest BCUT2D eigenvalue weighted by Gasteiger charge is -2.32. The van der Waals surface area contributed by atoms with Gasteiger partial charge in [-0.1, -0.05) is 62.4 Å². The molecule has 0 unspecified atom stereocenters. The minimum Gasteiger partial charge on any atom is -0.356 e. The van der Waals surface area contributed by atoms with Crippen molar-refractivity contribution in [3.05, 3.63) is 40.8 Å². The minimum absolute atomic E-state index is 0.0276. The molecule has 2 aliphatic heterocycles. The first kappa shape index (κ1) is 20.4. The normalized spacial score (nSPS) is 19.7. The second-order valence-corrected chi connectivity index (χ2v) is 9.63. The SMILES string of the molecule is CCCCN1C(=O)/C(=C/c2cc3ccccc3nc2N2CCC(C)CC2)SC1=S. The Hall–Kier alpha value is -1.92. The Morgan fingerprint density at radius 1 is 1.28 bits per heavy atom. The molecule has 0 spiro atoms. The fraction of sp³-hybridized carbons (Fsp3) is 0.435. The highest BCUT2D eigenvalue weighted by Gasteiger charge is 2.32. The zero-order valence-electron chi connectivity index (χ0n) is 17.1. The third-order valence-corrected chi connectivity index (χ3v) is 7.09. The summed E-state index contributed by atoms with van der Waals surface area (Å²) in [4.78, 5) is 22.7. The molecule has 29 heavy (non-hydrogen) atoms. The van der Waals surface area contributed by atoms with E-state index in [1.54, 1.807) is 4.90 Å². The Kier molecular flexibility index (Phi) is 6.20. The van der Waals surface area contributed by atoms with E-state index in [1.807, 2.05) is 18.2 Å². The average molecular weight is 426 g/mol. The van der Waals surface area contributed by atoms with Crippen LogP contribution in [0.25, 0.3) is 17.0 Å². The monoisotopic (exact) mass is 425 g/mol. The Bertz CT molecular complexity index is 964. The standard InChI is InChI=1S/C23H27N3OS2/c1-3-4-11-26-22(27)20(29-23(26)28)15-18-14-17-7-5-6-8-19(17)24-21(18)25-12-9-16(2)10-13-25/h5-8,14-16H,3-4,9-13H2,1-2H3/b20-15-. The second-order valence-electron chi connectivity index (χ2n) is 7.95. The summed E-state index contributed by atoms with van der Waals surface area (Å²) < 4.78 is 0.664. The molecular weight excluding hydrogens is 398 g/mol. The van der Waals surface area contributed by atoms with Gasteiger partial charge in [-0.3, -0.25) is 9.69 Å². The van der Waals surface area contributed by atoms with Crippen LogP contribution in [-0.4, -0.2) is 39.7 Å². The number of thiocarbonyl (C=S) groups is 1. The van der Waals surface area contributed by atoms with Gasteiger partial charge in [0.25, 0.3) is 5.91 Å². The number of thioether (sulfide) groups is 1. The molecule has 0 bridgehead atoms. The first-order chi connectivity index (χ1) is 14.1. The van der Waals surface area contributed by atoms with E-state index in [9.17, 15) is 4.79 Å². The number of para-hydroxylation sites is 1. The molecule has 6 heteroatoms. The summed E-state index contributed by atoms with van der Waals surface area (Å²) in [5, 5.41) is 1.09. The Morgan fingerprint density at radius 2 is 2.03 bits per heavy atom. The molecule has 4 rings (SSSR count). The number of carbonyl (C=O) groups excluding carboxylic acids is 1. The van der Waals surface area contributed by atoms with Gasteiger partial charge in [-0.15, -0.1) is 0 Å². The third-order valence-electron chi connectivity index (χ3n) is 5.71. The van der Waals surface area contributed by atoms with Crippen molar-refractivity contribution in [2.75, 3.05) is 24.5 Å². The van der Waals surface area contributed by atoms with Crippen LogP contribution in [0.4, 0.5) is 5.82 Å². The van der Waals surface area contributed by atoms with Crippen LogP contribution in [-0.2, 0) is 4.79 Å². The van der Waals surface area contributed by atoms with E-state index in [4.69, 9.17) is 17.2 Å². The van der Waals surface area contributed by atoms with Crippen molar-refractivity contribution in [1.29, 1.82) is 0 Å². The van der Waals surface area contributed by atoms with Gasteiger partial charge in [-0.05, 0) is 43.4 Å². The van der Waals surface area contributed by atoms with E-state index in [0.29, 0.717) is 15.8 Å². The van der Waals surface area contributed by atoms with Crippen molar-refractivity contribution in [3.63, 3.8) is 0 Å². The zero-order chi connectivity index (χ0) is 20.4. The largest absolute Gasteiger partial charge is 0.356 e. The number of piperidine rings is 1. The van der Waals surface area contributed by atoms with Crippen LogP contribution in [0.2, 0.25) is 0 Å². The van der Waals surface area contributed by atoms with Crippen molar-refractivity contribution in [2.45, 2.75) is 39.5 Å². The number of pyridine rings is 1. The molecule has 152 valence electrons. The van der Waals surface area contributed by atoms with Crippen LogP contribution >= 0.6 is 24.0 Å².